The summed E-state index contributed by atoms with van der Waals surface area (Å²) in [6, 6.07) is 4.86. The van der Waals surface area contributed by atoms with Crippen LogP contribution < -0.4 is 0 Å². The van der Waals surface area contributed by atoms with Gasteiger partial charge in [0.05, 0.1) is 12.5 Å². The maximum absolute atomic E-state index is 13.1. The third kappa shape index (κ3) is 2.08. The third-order valence-electron chi connectivity index (χ3n) is 1.36. The minimum absolute atomic E-state index is 0.0155. The lowest BCUT2D eigenvalue weighted by Crippen LogP contribution is -1.91. The van der Waals surface area contributed by atoms with Crippen molar-refractivity contribution in [3.63, 3.8) is 0 Å². The highest BCUT2D eigenvalue weighted by Gasteiger charge is 2.07. The molecule has 0 aliphatic heterocycles. The SMILES string of the molecule is N#CCc1c(F)cc(I)cc1Cl. The minimum atomic E-state index is -0.409. The number of halogens is 3. The fourth-order valence-electron chi connectivity index (χ4n) is 0.820. The van der Waals surface area contributed by atoms with Gasteiger partial charge in [-0.25, -0.2) is 4.39 Å². The maximum atomic E-state index is 13.1. The molecule has 0 unspecified atom stereocenters. The van der Waals surface area contributed by atoms with Gasteiger partial charge in [-0.1, -0.05) is 11.6 Å². The Morgan fingerprint density at radius 2 is 2.25 bits per heavy atom. The van der Waals surface area contributed by atoms with Crippen LogP contribution in [-0.2, 0) is 6.42 Å². The van der Waals surface area contributed by atoms with E-state index in [1.54, 1.807) is 6.07 Å². The van der Waals surface area contributed by atoms with E-state index in [0.717, 1.165) is 3.57 Å². The first-order valence-electron chi connectivity index (χ1n) is 3.15. The number of hydrogen-bond acceptors (Lipinski definition) is 1. The van der Waals surface area contributed by atoms with Gasteiger partial charge >= 0.3 is 0 Å². The van der Waals surface area contributed by atoms with E-state index in [-0.39, 0.29) is 12.0 Å². The summed E-state index contributed by atoms with van der Waals surface area (Å²) in [6.07, 6.45) is 0.0155. The number of hydrogen-bond donors (Lipinski definition) is 0. The van der Waals surface area contributed by atoms with Crippen LogP contribution in [0.2, 0.25) is 5.02 Å². The van der Waals surface area contributed by atoms with Crippen LogP contribution in [0.5, 0.6) is 0 Å². The van der Waals surface area contributed by atoms with Crippen LogP contribution in [0.3, 0.4) is 0 Å². The molecule has 1 nitrogen and oxygen atoms in total. The van der Waals surface area contributed by atoms with Crippen molar-refractivity contribution in [2.45, 2.75) is 6.42 Å². The van der Waals surface area contributed by atoms with E-state index in [2.05, 4.69) is 0 Å². The molecule has 0 bridgehead atoms. The number of rotatable bonds is 1. The smallest absolute Gasteiger partial charge is 0.129 e. The summed E-state index contributed by atoms with van der Waals surface area (Å²) in [4.78, 5) is 0. The van der Waals surface area contributed by atoms with Crippen molar-refractivity contribution in [3.05, 3.63) is 32.1 Å². The van der Waals surface area contributed by atoms with Crippen molar-refractivity contribution < 1.29 is 4.39 Å². The first-order valence-corrected chi connectivity index (χ1v) is 4.61. The van der Waals surface area contributed by atoms with Gasteiger partial charge in [-0.2, -0.15) is 5.26 Å². The van der Waals surface area contributed by atoms with Gasteiger partial charge in [-0.15, -0.1) is 0 Å². The van der Waals surface area contributed by atoms with Gasteiger partial charge in [-0.05, 0) is 34.7 Å². The molecule has 0 saturated heterocycles. The summed E-state index contributed by atoms with van der Waals surface area (Å²) in [7, 11) is 0. The predicted octanol–water partition coefficient (Wildman–Crippen LogP) is 3.15. The highest BCUT2D eigenvalue weighted by Crippen LogP contribution is 2.22. The van der Waals surface area contributed by atoms with E-state index >= 15 is 0 Å². The molecule has 0 spiro atoms. The van der Waals surface area contributed by atoms with E-state index in [1.165, 1.54) is 6.07 Å². The van der Waals surface area contributed by atoms with Crippen molar-refractivity contribution in [1.82, 2.24) is 0 Å². The Bertz CT molecular complexity index is 322. The molecule has 62 valence electrons. The largest absolute Gasteiger partial charge is 0.207 e. The number of benzene rings is 1. The van der Waals surface area contributed by atoms with Crippen LogP contribution in [0.15, 0.2) is 12.1 Å². The van der Waals surface area contributed by atoms with Crippen molar-refractivity contribution in [1.29, 1.82) is 5.26 Å². The summed E-state index contributed by atoms with van der Waals surface area (Å²) < 4.78 is 13.8. The van der Waals surface area contributed by atoms with Gasteiger partial charge in [0, 0.05) is 14.2 Å². The zero-order valence-electron chi connectivity index (χ0n) is 5.94. The van der Waals surface area contributed by atoms with Gasteiger partial charge in [0.2, 0.25) is 0 Å². The lowest BCUT2D eigenvalue weighted by atomic mass is 10.1. The van der Waals surface area contributed by atoms with E-state index in [1.807, 2.05) is 28.7 Å². The molecular weight excluding hydrogens is 291 g/mol. The molecule has 0 aromatic heterocycles. The van der Waals surface area contributed by atoms with Gasteiger partial charge < -0.3 is 0 Å². The van der Waals surface area contributed by atoms with E-state index in [9.17, 15) is 4.39 Å². The van der Waals surface area contributed by atoms with Gasteiger partial charge in [0.15, 0.2) is 0 Å². The van der Waals surface area contributed by atoms with Crippen LogP contribution >= 0.6 is 34.2 Å². The lowest BCUT2D eigenvalue weighted by Gasteiger charge is -2.01. The topological polar surface area (TPSA) is 23.8 Å². The molecule has 1 rings (SSSR count). The molecule has 0 aliphatic rings. The van der Waals surface area contributed by atoms with Crippen LogP contribution in [0, 0.1) is 20.7 Å². The Labute approximate surface area is 88.3 Å². The van der Waals surface area contributed by atoms with Gasteiger partial charge in [0.25, 0.3) is 0 Å². The first kappa shape index (κ1) is 9.75. The number of nitriles is 1. The quantitative estimate of drug-likeness (QED) is 0.730. The van der Waals surface area contributed by atoms with Crippen molar-refractivity contribution in [2.24, 2.45) is 0 Å². The van der Waals surface area contributed by atoms with E-state index < -0.39 is 5.82 Å². The molecule has 0 radical (unpaired) electrons. The second kappa shape index (κ2) is 4.06. The van der Waals surface area contributed by atoms with Gasteiger partial charge in [-0.3, -0.25) is 0 Å². The van der Waals surface area contributed by atoms with Crippen LogP contribution in [0.25, 0.3) is 0 Å². The highest BCUT2D eigenvalue weighted by molar-refractivity contribution is 14.1. The molecule has 0 saturated carbocycles. The van der Waals surface area contributed by atoms with Crippen LogP contribution in [0.4, 0.5) is 4.39 Å². The molecule has 4 heteroatoms. The van der Waals surface area contributed by atoms with Crippen molar-refractivity contribution in [2.75, 3.05) is 0 Å². The first-order chi connectivity index (χ1) is 5.65. The maximum Gasteiger partial charge on any atom is 0.129 e. The molecule has 0 N–H and O–H groups in total. The Balaban J connectivity index is 3.21. The highest BCUT2D eigenvalue weighted by atomic mass is 127. The average Bonchev–Trinajstić information content (AvgIpc) is 1.96. The molecule has 1 aromatic rings. The molecule has 0 amide bonds. The Morgan fingerprint density at radius 3 is 2.75 bits per heavy atom. The second-order valence-electron chi connectivity index (χ2n) is 2.18. The molecular formula is C8H4ClFIN. The van der Waals surface area contributed by atoms with Gasteiger partial charge in [0.1, 0.15) is 5.82 Å². The summed E-state index contributed by atoms with van der Waals surface area (Å²) in [5.74, 6) is -0.409. The van der Waals surface area contributed by atoms with E-state index in [0.29, 0.717) is 5.02 Å². The zero-order chi connectivity index (χ0) is 9.14. The molecule has 0 heterocycles. The Kier molecular flexibility index (Phi) is 3.29. The third-order valence-corrected chi connectivity index (χ3v) is 2.32. The normalized spacial score (nSPS) is 9.50. The summed E-state index contributed by atoms with van der Waals surface area (Å²) in [5.41, 5.74) is 0.277. The molecule has 12 heavy (non-hydrogen) atoms. The standard InChI is InChI=1S/C8H4ClFIN/c9-7-3-5(11)4-8(10)6(7)1-2-12/h3-4H,1H2. The predicted molar refractivity (Wildman–Crippen MR) is 53.4 cm³/mol. The number of nitrogens with zero attached hydrogens (tertiary/aromatic N) is 1. The second-order valence-corrected chi connectivity index (χ2v) is 3.84. The Morgan fingerprint density at radius 1 is 1.58 bits per heavy atom. The fraction of sp³-hybridized carbons (Fsp3) is 0.125. The molecule has 0 aliphatic carbocycles. The fourth-order valence-corrected chi connectivity index (χ4v) is 1.86. The molecule has 0 atom stereocenters. The minimum Gasteiger partial charge on any atom is -0.207 e. The molecule has 0 fully saturated rings. The zero-order valence-corrected chi connectivity index (χ0v) is 8.86. The lowest BCUT2D eigenvalue weighted by molar-refractivity contribution is 0.614. The monoisotopic (exact) mass is 295 g/mol. The molecule has 1 aromatic carbocycles. The summed E-state index contributed by atoms with van der Waals surface area (Å²) in [6.45, 7) is 0. The summed E-state index contributed by atoms with van der Waals surface area (Å²) in [5, 5.41) is 8.68. The Hall–Kier alpha value is -0.340. The average molecular weight is 295 g/mol. The van der Waals surface area contributed by atoms with Crippen LogP contribution in [-0.4, -0.2) is 0 Å². The summed E-state index contributed by atoms with van der Waals surface area (Å²) >= 11 is 7.69. The van der Waals surface area contributed by atoms with Crippen LogP contribution in [0.1, 0.15) is 5.56 Å². The van der Waals surface area contributed by atoms with Crippen molar-refractivity contribution >= 4 is 34.2 Å². The van der Waals surface area contributed by atoms with Crippen molar-refractivity contribution in [3.8, 4) is 6.07 Å². The van der Waals surface area contributed by atoms with E-state index in [4.69, 9.17) is 16.9 Å².